The van der Waals surface area contributed by atoms with E-state index in [0.29, 0.717) is 5.56 Å². The number of hydrogen-bond acceptors (Lipinski definition) is 6. The van der Waals surface area contributed by atoms with Crippen molar-refractivity contribution >= 4 is 45.9 Å². The Morgan fingerprint density at radius 1 is 1.29 bits per heavy atom. The smallest absolute Gasteiger partial charge is 0.357 e. The predicted molar refractivity (Wildman–Crippen MR) is 90.2 cm³/mol. The van der Waals surface area contributed by atoms with Gasteiger partial charge in [-0.15, -0.1) is 22.9 Å². The molecule has 0 bridgehead atoms. The summed E-state index contributed by atoms with van der Waals surface area (Å²) in [5.41, 5.74) is 2.86. The van der Waals surface area contributed by atoms with Crippen molar-refractivity contribution in [3.63, 3.8) is 0 Å². The Balaban J connectivity index is 2.21. The van der Waals surface area contributed by atoms with Gasteiger partial charge in [0.1, 0.15) is 5.88 Å². The van der Waals surface area contributed by atoms with Crippen LogP contribution in [0.25, 0.3) is 0 Å². The SMILES string of the molecule is CCOC(=O)c1csc(N(NC(=O)c2ccccc2)C(=O)CCl)n1. The zero-order valence-electron chi connectivity index (χ0n) is 12.7. The highest BCUT2D eigenvalue weighted by Gasteiger charge is 2.23. The summed E-state index contributed by atoms with van der Waals surface area (Å²) in [5.74, 6) is -2.04. The maximum Gasteiger partial charge on any atom is 0.357 e. The molecule has 1 aromatic heterocycles. The molecule has 1 aromatic carbocycles. The fourth-order valence-corrected chi connectivity index (χ4v) is 2.59. The maximum atomic E-state index is 12.2. The second kappa shape index (κ2) is 8.42. The number of benzene rings is 1. The number of rotatable bonds is 5. The molecule has 2 rings (SSSR count). The first-order chi connectivity index (χ1) is 11.6. The molecule has 7 nitrogen and oxygen atoms in total. The summed E-state index contributed by atoms with van der Waals surface area (Å²) in [6.07, 6.45) is 0. The number of amides is 2. The van der Waals surface area contributed by atoms with Crippen LogP contribution in [0.5, 0.6) is 0 Å². The molecule has 9 heteroatoms. The molecule has 1 heterocycles. The average Bonchev–Trinajstić information content (AvgIpc) is 3.09. The standard InChI is InChI=1S/C15H14ClN3O4S/c1-2-23-14(22)11-9-24-15(17-11)19(12(20)8-16)18-13(21)10-6-4-3-5-7-10/h3-7,9H,2,8H2,1H3,(H,18,21). The van der Waals surface area contributed by atoms with Gasteiger partial charge in [0.15, 0.2) is 5.69 Å². The topological polar surface area (TPSA) is 88.6 Å². The van der Waals surface area contributed by atoms with Crippen molar-refractivity contribution in [2.45, 2.75) is 6.92 Å². The van der Waals surface area contributed by atoms with Gasteiger partial charge in [0.2, 0.25) is 5.13 Å². The normalized spacial score (nSPS) is 10.1. The van der Waals surface area contributed by atoms with Crippen molar-refractivity contribution < 1.29 is 19.1 Å². The van der Waals surface area contributed by atoms with Gasteiger partial charge in [0, 0.05) is 10.9 Å². The van der Waals surface area contributed by atoms with Crippen LogP contribution in [-0.4, -0.2) is 35.3 Å². The molecule has 24 heavy (non-hydrogen) atoms. The summed E-state index contributed by atoms with van der Waals surface area (Å²) in [4.78, 5) is 39.9. The lowest BCUT2D eigenvalue weighted by Gasteiger charge is -2.19. The number of halogens is 1. The quantitative estimate of drug-likeness (QED) is 0.497. The van der Waals surface area contributed by atoms with Gasteiger partial charge < -0.3 is 4.74 Å². The summed E-state index contributed by atoms with van der Waals surface area (Å²) < 4.78 is 4.85. The van der Waals surface area contributed by atoms with Gasteiger partial charge in [-0.3, -0.25) is 15.0 Å². The van der Waals surface area contributed by atoms with E-state index in [1.165, 1.54) is 5.38 Å². The predicted octanol–water partition coefficient (Wildman–Crippen LogP) is 2.24. The number of thiazole rings is 1. The average molecular weight is 368 g/mol. The van der Waals surface area contributed by atoms with Crippen molar-refractivity contribution in [2.75, 3.05) is 17.5 Å². The molecule has 126 valence electrons. The number of ether oxygens (including phenoxy) is 1. The van der Waals surface area contributed by atoms with Crippen molar-refractivity contribution in [2.24, 2.45) is 0 Å². The van der Waals surface area contributed by atoms with Gasteiger partial charge >= 0.3 is 5.97 Å². The molecule has 2 amide bonds. The van der Waals surface area contributed by atoms with Crippen LogP contribution >= 0.6 is 22.9 Å². The third kappa shape index (κ3) is 4.30. The largest absolute Gasteiger partial charge is 0.461 e. The van der Waals surface area contributed by atoms with E-state index < -0.39 is 17.8 Å². The number of anilines is 1. The lowest BCUT2D eigenvalue weighted by molar-refractivity contribution is -0.116. The Morgan fingerprint density at radius 2 is 2.00 bits per heavy atom. The minimum Gasteiger partial charge on any atom is -0.461 e. The van der Waals surface area contributed by atoms with Gasteiger partial charge in [0.25, 0.3) is 11.8 Å². The lowest BCUT2D eigenvalue weighted by atomic mass is 10.2. The van der Waals surface area contributed by atoms with Crippen molar-refractivity contribution in [3.8, 4) is 0 Å². The van der Waals surface area contributed by atoms with E-state index >= 15 is 0 Å². The van der Waals surface area contributed by atoms with Crippen LogP contribution in [0, 0.1) is 0 Å². The minimum absolute atomic E-state index is 0.0539. The third-order valence-corrected chi connectivity index (χ3v) is 3.84. The second-order valence-corrected chi connectivity index (χ2v) is 5.51. The second-order valence-electron chi connectivity index (χ2n) is 4.41. The monoisotopic (exact) mass is 367 g/mol. The van der Waals surface area contributed by atoms with Gasteiger partial charge in [0.05, 0.1) is 6.61 Å². The third-order valence-electron chi connectivity index (χ3n) is 2.78. The summed E-state index contributed by atoms with van der Waals surface area (Å²) in [7, 11) is 0. The minimum atomic E-state index is -0.604. The number of hydrogen-bond donors (Lipinski definition) is 1. The molecule has 0 unspecified atom stereocenters. The molecule has 0 aliphatic heterocycles. The number of esters is 1. The first-order valence-corrected chi connectivity index (χ1v) is 8.35. The first-order valence-electron chi connectivity index (χ1n) is 6.94. The van der Waals surface area contributed by atoms with E-state index in [2.05, 4.69) is 10.4 Å². The van der Waals surface area contributed by atoms with Gasteiger partial charge in [-0.2, -0.15) is 5.01 Å². The van der Waals surface area contributed by atoms with E-state index in [4.69, 9.17) is 16.3 Å². The zero-order chi connectivity index (χ0) is 17.5. The van der Waals surface area contributed by atoms with E-state index in [-0.39, 0.29) is 23.3 Å². The van der Waals surface area contributed by atoms with Crippen LogP contribution in [0.3, 0.4) is 0 Å². The number of nitrogens with zero attached hydrogens (tertiary/aromatic N) is 2. The van der Waals surface area contributed by atoms with Crippen molar-refractivity contribution in [1.82, 2.24) is 10.4 Å². The van der Waals surface area contributed by atoms with E-state index in [9.17, 15) is 14.4 Å². The Labute approximate surface area is 147 Å². The number of aromatic nitrogens is 1. The lowest BCUT2D eigenvalue weighted by Crippen LogP contribution is -2.47. The summed E-state index contributed by atoms with van der Waals surface area (Å²) in [5, 5.41) is 2.49. The Hall–Kier alpha value is -2.45. The van der Waals surface area contributed by atoms with E-state index in [1.807, 2.05) is 0 Å². The number of carbonyl (C=O) groups excluding carboxylic acids is 3. The molecule has 0 spiro atoms. The van der Waals surface area contributed by atoms with E-state index in [1.54, 1.807) is 37.3 Å². The Bertz CT molecular complexity index is 735. The highest BCUT2D eigenvalue weighted by Crippen LogP contribution is 2.20. The molecule has 2 aromatic rings. The highest BCUT2D eigenvalue weighted by atomic mass is 35.5. The van der Waals surface area contributed by atoms with Crippen LogP contribution in [0.4, 0.5) is 5.13 Å². The summed E-state index contributed by atoms with van der Waals surface area (Å²) >= 11 is 6.60. The molecular formula is C15H14ClN3O4S. The molecular weight excluding hydrogens is 354 g/mol. The van der Waals surface area contributed by atoms with Gasteiger partial charge in [-0.1, -0.05) is 18.2 Å². The fourth-order valence-electron chi connectivity index (χ4n) is 1.70. The molecule has 0 radical (unpaired) electrons. The summed E-state index contributed by atoms with van der Waals surface area (Å²) in [6.45, 7) is 1.88. The molecule has 0 saturated carbocycles. The van der Waals surface area contributed by atoms with Crippen molar-refractivity contribution in [1.29, 1.82) is 0 Å². The number of hydrazine groups is 1. The van der Waals surface area contributed by atoms with Crippen molar-refractivity contribution in [3.05, 3.63) is 47.0 Å². The van der Waals surface area contributed by atoms with Crippen LogP contribution in [-0.2, 0) is 9.53 Å². The highest BCUT2D eigenvalue weighted by molar-refractivity contribution is 7.14. The molecule has 0 saturated heterocycles. The Morgan fingerprint density at radius 3 is 2.62 bits per heavy atom. The molecule has 0 atom stereocenters. The maximum absolute atomic E-state index is 12.2. The molecule has 0 fully saturated rings. The van der Waals surface area contributed by atoms with Crippen LogP contribution in [0.1, 0.15) is 27.8 Å². The number of alkyl halides is 1. The van der Waals surface area contributed by atoms with E-state index in [0.717, 1.165) is 16.3 Å². The fraction of sp³-hybridized carbons (Fsp3) is 0.200. The number of nitrogens with one attached hydrogen (secondary N) is 1. The molecule has 0 aliphatic rings. The zero-order valence-corrected chi connectivity index (χ0v) is 14.3. The molecule has 0 aliphatic carbocycles. The van der Waals surface area contributed by atoms with Crippen LogP contribution in [0.2, 0.25) is 0 Å². The van der Waals surface area contributed by atoms with Gasteiger partial charge in [-0.25, -0.2) is 9.78 Å². The first kappa shape index (κ1) is 17.9. The Kier molecular flexibility index (Phi) is 6.28. The summed E-state index contributed by atoms with van der Waals surface area (Å²) in [6, 6.07) is 8.37. The number of carbonyl (C=O) groups is 3. The molecule has 1 N–H and O–H groups in total. The van der Waals surface area contributed by atoms with Gasteiger partial charge in [-0.05, 0) is 19.1 Å². The van der Waals surface area contributed by atoms with Crippen LogP contribution in [0.15, 0.2) is 35.7 Å². The van der Waals surface area contributed by atoms with Crippen LogP contribution < -0.4 is 10.4 Å².